The highest BCUT2D eigenvalue weighted by Gasteiger charge is 2.15. The summed E-state index contributed by atoms with van der Waals surface area (Å²) in [5.41, 5.74) is 0.221. The molecule has 0 aliphatic heterocycles. The van der Waals surface area contributed by atoms with Crippen LogP contribution < -0.4 is 5.32 Å². The van der Waals surface area contributed by atoms with Gasteiger partial charge in [0.1, 0.15) is 0 Å². The highest BCUT2D eigenvalue weighted by molar-refractivity contribution is 5.83. The lowest BCUT2D eigenvalue weighted by Gasteiger charge is -2.22. The summed E-state index contributed by atoms with van der Waals surface area (Å²) >= 11 is 0. The first-order valence-electron chi connectivity index (χ1n) is 4.09. The van der Waals surface area contributed by atoms with E-state index in [0.29, 0.717) is 0 Å². The molecule has 0 heterocycles. The Hall–Kier alpha value is -0.530. The van der Waals surface area contributed by atoms with E-state index in [0.717, 1.165) is 13.0 Å². The monoisotopic (exact) mass is 156 g/mol. The minimum absolute atomic E-state index is 0.0199. The van der Waals surface area contributed by atoms with Crippen molar-refractivity contribution in [2.75, 3.05) is 6.54 Å². The molecule has 0 aliphatic rings. The lowest BCUT2D eigenvalue weighted by atomic mass is 9.90. The summed E-state index contributed by atoms with van der Waals surface area (Å²) in [6.07, 6.45) is 2.63. The van der Waals surface area contributed by atoms with Crippen LogP contribution in [-0.4, -0.2) is 12.5 Å². The smallest absolute Gasteiger partial charge is 0.223 e. The first-order chi connectivity index (χ1) is 5.02. The minimum atomic E-state index is 0.0199. The van der Waals surface area contributed by atoms with Gasteiger partial charge in [-0.1, -0.05) is 27.7 Å². The molecule has 0 fully saturated rings. The van der Waals surface area contributed by atoms with E-state index in [1.165, 1.54) is 0 Å². The highest BCUT2D eigenvalue weighted by Crippen LogP contribution is 2.17. The fourth-order valence-corrected chi connectivity index (χ4v) is 0.553. The maximum absolute atomic E-state index is 10.8. The van der Waals surface area contributed by atoms with Gasteiger partial charge in [0, 0.05) is 13.0 Å². The molecule has 0 atom stereocenters. The van der Waals surface area contributed by atoms with E-state index in [1.54, 1.807) is 13.3 Å². The van der Waals surface area contributed by atoms with Crippen LogP contribution in [0.15, 0.2) is 0 Å². The van der Waals surface area contributed by atoms with Crippen molar-refractivity contribution in [1.82, 2.24) is 5.32 Å². The molecule has 0 unspecified atom stereocenters. The number of nitrogens with one attached hydrogen (secondary N) is 1. The molecule has 0 saturated heterocycles. The zero-order valence-corrected chi connectivity index (χ0v) is 7.90. The summed E-state index contributed by atoms with van der Waals surface area (Å²) in [6.45, 7) is 8.91. The second kappa shape index (κ2) is 4.37. The number of hydrogen-bond donors (Lipinski definition) is 1. The molecule has 1 amide bonds. The van der Waals surface area contributed by atoms with Crippen molar-refractivity contribution in [3.05, 3.63) is 6.42 Å². The third-order valence-corrected chi connectivity index (χ3v) is 1.96. The van der Waals surface area contributed by atoms with Crippen molar-refractivity contribution in [2.24, 2.45) is 5.41 Å². The van der Waals surface area contributed by atoms with E-state index in [-0.39, 0.29) is 11.3 Å². The van der Waals surface area contributed by atoms with E-state index in [2.05, 4.69) is 26.1 Å². The lowest BCUT2D eigenvalue weighted by Crippen LogP contribution is -2.33. The van der Waals surface area contributed by atoms with Gasteiger partial charge < -0.3 is 5.32 Å². The normalized spacial score (nSPS) is 11.3. The quantitative estimate of drug-likeness (QED) is 0.660. The molecule has 2 nitrogen and oxygen atoms in total. The molecular weight excluding hydrogens is 138 g/mol. The molecule has 65 valence electrons. The summed E-state index contributed by atoms with van der Waals surface area (Å²) in [5.74, 6) is 0.0199. The number of rotatable bonds is 4. The van der Waals surface area contributed by atoms with Gasteiger partial charge in [0.25, 0.3) is 0 Å². The number of amides is 1. The summed E-state index contributed by atoms with van der Waals surface area (Å²) < 4.78 is 0. The fourth-order valence-electron chi connectivity index (χ4n) is 0.553. The van der Waals surface area contributed by atoms with Gasteiger partial charge in [0.2, 0.25) is 5.91 Å². The second-order valence-corrected chi connectivity index (χ2v) is 3.52. The lowest BCUT2D eigenvalue weighted by molar-refractivity contribution is -0.118. The van der Waals surface area contributed by atoms with E-state index in [1.807, 2.05) is 0 Å². The largest absolute Gasteiger partial charge is 0.355 e. The van der Waals surface area contributed by atoms with Gasteiger partial charge in [-0.2, -0.15) is 0 Å². The molecule has 0 aromatic heterocycles. The Kier molecular flexibility index (Phi) is 4.16. The Morgan fingerprint density at radius 2 is 2.09 bits per heavy atom. The fraction of sp³-hybridized carbons (Fsp3) is 0.778. The van der Waals surface area contributed by atoms with Crippen molar-refractivity contribution in [3.63, 3.8) is 0 Å². The van der Waals surface area contributed by atoms with Crippen LogP contribution in [0, 0.1) is 11.8 Å². The topological polar surface area (TPSA) is 29.1 Å². The van der Waals surface area contributed by atoms with E-state index in [4.69, 9.17) is 0 Å². The number of carbonyl (C=O) groups excluding carboxylic acids is 1. The Morgan fingerprint density at radius 3 is 2.45 bits per heavy atom. The Morgan fingerprint density at radius 1 is 1.55 bits per heavy atom. The van der Waals surface area contributed by atoms with Gasteiger partial charge in [-0.05, 0) is 11.8 Å². The van der Waals surface area contributed by atoms with Crippen LogP contribution in [0.1, 0.15) is 34.1 Å². The molecule has 0 spiro atoms. The van der Waals surface area contributed by atoms with Crippen LogP contribution in [0.3, 0.4) is 0 Å². The van der Waals surface area contributed by atoms with Crippen LogP contribution in [0.2, 0.25) is 0 Å². The molecule has 0 bridgehead atoms. The Balaban J connectivity index is 3.61. The van der Waals surface area contributed by atoms with Gasteiger partial charge >= 0.3 is 0 Å². The SMILES string of the molecule is C[CH]C(=O)NCC(C)(C)CC. The number of carbonyl (C=O) groups is 1. The summed E-state index contributed by atoms with van der Waals surface area (Å²) in [5, 5.41) is 2.83. The zero-order valence-electron chi connectivity index (χ0n) is 7.90. The zero-order chi connectivity index (χ0) is 8.91. The third kappa shape index (κ3) is 4.82. The van der Waals surface area contributed by atoms with Gasteiger partial charge in [0.15, 0.2) is 0 Å². The van der Waals surface area contributed by atoms with Crippen LogP contribution in [0.4, 0.5) is 0 Å². The maximum atomic E-state index is 10.8. The molecular formula is C9H18NO. The molecule has 0 aromatic carbocycles. The Labute approximate surface area is 69.4 Å². The highest BCUT2D eigenvalue weighted by atomic mass is 16.1. The molecule has 0 aliphatic carbocycles. The Bertz CT molecular complexity index is 130. The van der Waals surface area contributed by atoms with Crippen LogP contribution in [0.5, 0.6) is 0 Å². The molecule has 11 heavy (non-hydrogen) atoms. The van der Waals surface area contributed by atoms with Gasteiger partial charge in [-0.25, -0.2) is 0 Å². The standard InChI is InChI=1S/C9H18NO/c1-5-8(11)10-7-9(3,4)6-2/h5H,6-7H2,1-4H3,(H,10,11). The minimum Gasteiger partial charge on any atom is -0.355 e. The van der Waals surface area contributed by atoms with Crippen LogP contribution in [-0.2, 0) is 4.79 Å². The molecule has 0 saturated carbocycles. The maximum Gasteiger partial charge on any atom is 0.223 e. The van der Waals surface area contributed by atoms with Crippen molar-refractivity contribution < 1.29 is 4.79 Å². The third-order valence-electron chi connectivity index (χ3n) is 1.96. The van der Waals surface area contributed by atoms with Crippen molar-refractivity contribution in [2.45, 2.75) is 34.1 Å². The van der Waals surface area contributed by atoms with Gasteiger partial charge in [0.05, 0.1) is 0 Å². The number of hydrogen-bond acceptors (Lipinski definition) is 1. The van der Waals surface area contributed by atoms with Crippen molar-refractivity contribution in [3.8, 4) is 0 Å². The summed E-state index contributed by atoms with van der Waals surface area (Å²) in [7, 11) is 0. The predicted octanol–water partition coefficient (Wildman–Crippen LogP) is 1.76. The summed E-state index contributed by atoms with van der Waals surface area (Å²) in [6, 6.07) is 0. The molecule has 0 aromatic rings. The van der Waals surface area contributed by atoms with E-state index >= 15 is 0 Å². The first-order valence-corrected chi connectivity index (χ1v) is 4.09. The average molecular weight is 156 g/mol. The average Bonchev–Trinajstić information content (AvgIpc) is 2.00. The van der Waals surface area contributed by atoms with Gasteiger partial charge in [-0.3, -0.25) is 4.79 Å². The van der Waals surface area contributed by atoms with Gasteiger partial charge in [-0.15, -0.1) is 0 Å². The molecule has 1 radical (unpaired) electrons. The second-order valence-electron chi connectivity index (χ2n) is 3.52. The van der Waals surface area contributed by atoms with Crippen molar-refractivity contribution in [1.29, 1.82) is 0 Å². The molecule has 0 rings (SSSR count). The molecule has 2 heteroatoms. The summed E-state index contributed by atoms with van der Waals surface area (Å²) in [4.78, 5) is 10.8. The first kappa shape index (κ1) is 10.5. The predicted molar refractivity (Wildman–Crippen MR) is 47.1 cm³/mol. The van der Waals surface area contributed by atoms with Crippen LogP contribution >= 0.6 is 0 Å². The van der Waals surface area contributed by atoms with E-state index in [9.17, 15) is 4.79 Å². The molecule has 1 N–H and O–H groups in total. The van der Waals surface area contributed by atoms with Crippen LogP contribution in [0.25, 0.3) is 0 Å². The van der Waals surface area contributed by atoms with E-state index < -0.39 is 0 Å². The van der Waals surface area contributed by atoms with Crippen molar-refractivity contribution >= 4 is 5.91 Å².